The van der Waals surface area contributed by atoms with Crippen molar-refractivity contribution in [1.82, 2.24) is 15.0 Å². The molecule has 1 aromatic heterocycles. The summed E-state index contributed by atoms with van der Waals surface area (Å²) < 4.78 is 0. The van der Waals surface area contributed by atoms with Crippen LogP contribution in [-0.2, 0) is 5.41 Å². The van der Waals surface area contributed by atoms with Gasteiger partial charge in [-0.1, -0.05) is 182 Å². The molecule has 1 aliphatic heterocycles. The highest BCUT2D eigenvalue weighted by Gasteiger charge is 2.50. The van der Waals surface area contributed by atoms with E-state index in [1.54, 1.807) is 0 Å². The predicted molar refractivity (Wildman–Crippen MR) is 221 cm³/mol. The molecule has 0 N–H and O–H groups in total. The average Bonchev–Trinajstić information content (AvgIpc) is 3.54. The van der Waals surface area contributed by atoms with Gasteiger partial charge in [0.05, 0.1) is 5.41 Å². The summed E-state index contributed by atoms with van der Waals surface area (Å²) in [7, 11) is 0. The molecule has 0 amide bonds. The highest BCUT2D eigenvalue weighted by molar-refractivity contribution is 7.99. The Morgan fingerprint density at radius 3 is 1.69 bits per heavy atom. The Morgan fingerprint density at radius 1 is 0.333 bits per heavy atom. The maximum absolute atomic E-state index is 5.14. The minimum Gasteiger partial charge on any atom is -0.208 e. The summed E-state index contributed by atoms with van der Waals surface area (Å²) in [6, 6.07) is 67.4. The lowest BCUT2D eigenvalue weighted by Crippen LogP contribution is -2.31. The van der Waals surface area contributed by atoms with E-state index in [1.165, 1.54) is 43.2 Å². The number of benzene rings is 8. The van der Waals surface area contributed by atoms with Crippen molar-refractivity contribution in [3.8, 4) is 56.4 Å². The van der Waals surface area contributed by atoms with Gasteiger partial charge in [-0.25, -0.2) is 15.0 Å². The van der Waals surface area contributed by atoms with Crippen LogP contribution in [-0.4, -0.2) is 15.0 Å². The van der Waals surface area contributed by atoms with Crippen LogP contribution in [0.25, 0.3) is 67.2 Å². The molecule has 11 rings (SSSR count). The molecule has 2 aliphatic rings. The van der Waals surface area contributed by atoms with E-state index in [9.17, 15) is 0 Å². The number of hydrogen-bond acceptors (Lipinski definition) is 4. The first-order valence-corrected chi connectivity index (χ1v) is 19.1. The molecule has 8 aromatic carbocycles. The first-order valence-electron chi connectivity index (χ1n) is 18.3. The summed E-state index contributed by atoms with van der Waals surface area (Å²) in [6.45, 7) is 0. The van der Waals surface area contributed by atoms with Crippen molar-refractivity contribution in [2.75, 3.05) is 0 Å². The molecule has 4 heteroatoms. The summed E-state index contributed by atoms with van der Waals surface area (Å²) in [5.74, 6) is 1.96. The number of rotatable bonds is 4. The Bertz CT molecular complexity index is 2880. The van der Waals surface area contributed by atoms with E-state index in [0.717, 1.165) is 38.6 Å². The fourth-order valence-electron chi connectivity index (χ4n) is 8.64. The highest BCUT2D eigenvalue weighted by atomic mass is 32.2. The van der Waals surface area contributed by atoms with Gasteiger partial charge >= 0.3 is 0 Å². The monoisotopic (exact) mass is 705 g/mol. The Labute approximate surface area is 318 Å². The lowest BCUT2D eigenvalue weighted by Gasteiger charge is -2.39. The van der Waals surface area contributed by atoms with Crippen LogP contribution >= 0.6 is 11.8 Å². The second kappa shape index (κ2) is 12.2. The Balaban J connectivity index is 1.07. The first kappa shape index (κ1) is 31.0. The molecule has 0 atom stereocenters. The predicted octanol–water partition coefficient (Wildman–Crippen LogP) is 12.5. The lowest BCUT2D eigenvalue weighted by atomic mass is 9.67. The number of hydrogen-bond donors (Lipinski definition) is 0. The van der Waals surface area contributed by atoms with E-state index in [0.29, 0.717) is 17.5 Å². The van der Waals surface area contributed by atoms with E-state index in [1.807, 2.05) is 30.0 Å². The molecular formula is C50H31N3S. The average molecular weight is 706 g/mol. The van der Waals surface area contributed by atoms with E-state index < -0.39 is 0 Å². The van der Waals surface area contributed by atoms with Gasteiger partial charge in [0.2, 0.25) is 0 Å². The smallest absolute Gasteiger partial charge is 0.164 e. The van der Waals surface area contributed by atoms with E-state index >= 15 is 0 Å². The molecule has 54 heavy (non-hydrogen) atoms. The molecule has 0 saturated heterocycles. The third kappa shape index (κ3) is 4.67. The first-order chi connectivity index (χ1) is 26.8. The van der Waals surface area contributed by atoms with Gasteiger partial charge in [0, 0.05) is 26.5 Å². The summed E-state index contributed by atoms with van der Waals surface area (Å²) in [6.07, 6.45) is 0. The number of nitrogens with zero attached hydrogens (tertiary/aromatic N) is 3. The van der Waals surface area contributed by atoms with Gasteiger partial charge in [-0.15, -0.1) is 0 Å². The molecule has 252 valence electrons. The van der Waals surface area contributed by atoms with Crippen LogP contribution in [0.15, 0.2) is 198 Å². The molecule has 3 nitrogen and oxygen atoms in total. The van der Waals surface area contributed by atoms with Crippen molar-refractivity contribution < 1.29 is 0 Å². The van der Waals surface area contributed by atoms with Gasteiger partial charge in [-0.3, -0.25) is 0 Å². The maximum Gasteiger partial charge on any atom is 0.164 e. The van der Waals surface area contributed by atoms with E-state index in [2.05, 4.69) is 170 Å². The van der Waals surface area contributed by atoms with Crippen LogP contribution in [0.5, 0.6) is 0 Å². The second-order valence-corrected chi connectivity index (χ2v) is 15.0. The zero-order chi connectivity index (χ0) is 35.6. The van der Waals surface area contributed by atoms with Crippen LogP contribution in [0.1, 0.15) is 22.3 Å². The van der Waals surface area contributed by atoms with Crippen LogP contribution in [0, 0.1) is 0 Å². The fourth-order valence-corrected chi connectivity index (χ4v) is 9.87. The third-order valence-corrected chi connectivity index (χ3v) is 12.1. The molecule has 1 spiro atoms. The summed E-state index contributed by atoms with van der Waals surface area (Å²) >= 11 is 1.87. The number of aromatic nitrogens is 3. The molecule has 9 aromatic rings. The quantitative estimate of drug-likeness (QED) is 0.183. The summed E-state index contributed by atoms with van der Waals surface area (Å²) in [5.41, 5.74) is 12.8. The van der Waals surface area contributed by atoms with Crippen molar-refractivity contribution in [1.29, 1.82) is 0 Å². The molecule has 0 saturated carbocycles. The fraction of sp³-hybridized carbons (Fsp3) is 0.0200. The van der Waals surface area contributed by atoms with Gasteiger partial charge in [0.1, 0.15) is 0 Å². The molecule has 0 bridgehead atoms. The van der Waals surface area contributed by atoms with Crippen LogP contribution < -0.4 is 0 Å². The zero-order valence-electron chi connectivity index (χ0n) is 29.1. The largest absolute Gasteiger partial charge is 0.208 e. The highest BCUT2D eigenvalue weighted by Crippen LogP contribution is 2.62. The van der Waals surface area contributed by atoms with Crippen molar-refractivity contribution in [3.63, 3.8) is 0 Å². The minimum atomic E-state index is -0.387. The third-order valence-electron chi connectivity index (χ3n) is 11.0. The normalized spacial score (nSPS) is 13.3. The molecule has 0 fully saturated rings. The Hall–Kier alpha value is -6.62. The van der Waals surface area contributed by atoms with Crippen molar-refractivity contribution in [3.05, 3.63) is 210 Å². The number of fused-ring (bicyclic) bond motifs is 10. The lowest BCUT2D eigenvalue weighted by molar-refractivity contribution is 0.722. The topological polar surface area (TPSA) is 38.7 Å². The van der Waals surface area contributed by atoms with Crippen molar-refractivity contribution >= 4 is 22.5 Å². The van der Waals surface area contributed by atoms with Gasteiger partial charge in [-0.2, -0.15) is 0 Å². The van der Waals surface area contributed by atoms with Crippen molar-refractivity contribution in [2.45, 2.75) is 15.2 Å². The van der Waals surface area contributed by atoms with E-state index in [-0.39, 0.29) is 5.41 Å². The minimum absolute atomic E-state index is 0.387. The molecule has 2 heterocycles. The maximum atomic E-state index is 5.14. The molecule has 0 unspecified atom stereocenters. The van der Waals surface area contributed by atoms with Crippen LogP contribution in [0.3, 0.4) is 0 Å². The van der Waals surface area contributed by atoms with Gasteiger partial charge in [-0.05, 0) is 73.5 Å². The Morgan fingerprint density at radius 2 is 0.870 bits per heavy atom. The Kier molecular flexibility index (Phi) is 7.01. The summed E-state index contributed by atoms with van der Waals surface area (Å²) in [4.78, 5) is 17.8. The van der Waals surface area contributed by atoms with Crippen LogP contribution in [0.2, 0.25) is 0 Å². The zero-order valence-corrected chi connectivity index (χ0v) is 30.0. The van der Waals surface area contributed by atoms with Gasteiger partial charge in [0.25, 0.3) is 0 Å². The second-order valence-electron chi connectivity index (χ2n) is 13.9. The SMILES string of the molecule is c1ccc(-c2nc(-c3cccc(-c4ccc5c(c4)Sc4ccccc4C54c5ccccc5-c5ccccc54)c3)nc(-c3cccc4ccccc34)n2)cc1. The van der Waals surface area contributed by atoms with Gasteiger partial charge in [0.15, 0.2) is 17.5 Å². The molecular weight excluding hydrogens is 675 g/mol. The van der Waals surface area contributed by atoms with E-state index in [4.69, 9.17) is 15.0 Å². The summed E-state index contributed by atoms with van der Waals surface area (Å²) in [5, 5.41) is 2.27. The van der Waals surface area contributed by atoms with Crippen molar-refractivity contribution in [2.24, 2.45) is 0 Å². The standard InChI is InChI=1S/C50H31N3S/c1-2-15-33(16-3-1)47-51-48(53-49(52-47)40-23-13-17-32-14-4-5-20-37(32)40)36-19-12-18-34(30-36)35-28-29-44-46(31-35)54-45-27-11-10-26-43(45)50(44)41-24-8-6-21-38(41)39-22-7-9-25-42(39)50/h1-31H. The molecule has 1 aliphatic carbocycles. The van der Waals surface area contributed by atoms with Crippen LogP contribution in [0.4, 0.5) is 0 Å². The molecule has 0 radical (unpaired) electrons. The van der Waals surface area contributed by atoms with Gasteiger partial charge < -0.3 is 0 Å².